The van der Waals surface area contributed by atoms with Crippen LogP contribution in [0.25, 0.3) is 10.9 Å². The average Bonchev–Trinajstić information content (AvgIpc) is 3.27. The fourth-order valence-electron chi connectivity index (χ4n) is 3.85. The number of para-hydroxylation sites is 1. The van der Waals surface area contributed by atoms with E-state index in [4.69, 9.17) is 4.99 Å². The lowest BCUT2D eigenvalue weighted by atomic mass is 10.1. The van der Waals surface area contributed by atoms with E-state index in [1.807, 2.05) is 73.7 Å². The van der Waals surface area contributed by atoms with Crippen LogP contribution in [0.15, 0.2) is 84.0 Å². The van der Waals surface area contributed by atoms with Crippen LogP contribution in [0.4, 0.5) is 11.4 Å². The first-order valence-corrected chi connectivity index (χ1v) is 11.6. The van der Waals surface area contributed by atoms with Gasteiger partial charge in [0.2, 0.25) is 5.96 Å². The van der Waals surface area contributed by atoms with Crippen molar-refractivity contribution in [3.05, 3.63) is 95.7 Å². The lowest BCUT2D eigenvalue weighted by Gasteiger charge is -2.15. The highest BCUT2D eigenvalue weighted by molar-refractivity contribution is 6.10. The summed E-state index contributed by atoms with van der Waals surface area (Å²) in [4.78, 5) is 23.1. The van der Waals surface area contributed by atoms with Crippen molar-refractivity contribution in [2.24, 2.45) is 4.99 Å². The number of benzene rings is 3. The fraction of sp³-hybridized carbons (Fsp3) is 0.214. The number of aromatic amines is 1. The third-order valence-electron chi connectivity index (χ3n) is 5.78. The van der Waals surface area contributed by atoms with Gasteiger partial charge in [0.25, 0.3) is 5.91 Å². The third-order valence-corrected chi connectivity index (χ3v) is 5.78. The molecule has 0 saturated heterocycles. The average molecular weight is 454 g/mol. The lowest BCUT2D eigenvalue weighted by molar-refractivity contribution is 0.0977. The Balaban J connectivity index is 1.54. The molecule has 1 aromatic heterocycles. The highest BCUT2D eigenvalue weighted by atomic mass is 16.1. The van der Waals surface area contributed by atoms with Crippen LogP contribution in [-0.4, -0.2) is 37.5 Å². The fourth-order valence-corrected chi connectivity index (χ4v) is 3.85. The second kappa shape index (κ2) is 10.7. The largest absolute Gasteiger partial charge is 0.378 e. The van der Waals surface area contributed by atoms with Gasteiger partial charge in [-0.05, 0) is 60.4 Å². The number of nitrogens with one attached hydrogen (secondary N) is 3. The standard InChI is InChI=1S/C28H31N5O/c1-4-20-9-7-11-23(17-20)31-28(32-27(34)21-10-8-12-24(18-21)33(2)3)29-16-15-22-19-30-26-14-6-5-13-25(22)26/h5-14,17-19,30H,4,15-16H2,1-3H3,(H2,29,31,32,34). The number of aliphatic imine (C=N–C) groups is 1. The van der Waals surface area contributed by atoms with Crippen LogP contribution in [0.3, 0.4) is 0 Å². The van der Waals surface area contributed by atoms with Crippen molar-refractivity contribution in [3.63, 3.8) is 0 Å². The number of hydrogen-bond acceptors (Lipinski definition) is 3. The number of anilines is 2. The molecule has 0 saturated carbocycles. The molecule has 6 heteroatoms. The Morgan fingerprint density at radius 3 is 2.65 bits per heavy atom. The van der Waals surface area contributed by atoms with Gasteiger partial charge in [-0.25, -0.2) is 0 Å². The minimum absolute atomic E-state index is 0.200. The minimum Gasteiger partial charge on any atom is -0.378 e. The van der Waals surface area contributed by atoms with Crippen molar-refractivity contribution in [2.75, 3.05) is 30.9 Å². The van der Waals surface area contributed by atoms with Gasteiger partial charge in [0, 0.05) is 54.7 Å². The molecule has 0 radical (unpaired) electrons. The number of H-pyrrole nitrogens is 1. The van der Waals surface area contributed by atoms with Crippen molar-refractivity contribution < 1.29 is 4.79 Å². The molecule has 0 aliphatic heterocycles. The quantitative estimate of drug-likeness (QED) is 0.265. The SMILES string of the molecule is CCc1cccc(NC(=NCCc2c[nH]c3ccccc23)NC(=O)c2cccc(N(C)C)c2)c1. The molecular formula is C28H31N5O. The number of rotatable bonds is 7. The molecule has 0 aliphatic rings. The topological polar surface area (TPSA) is 72.5 Å². The summed E-state index contributed by atoms with van der Waals surface area (Å²) in [6, 6.07) is 23.9. The maximum absolute atomic E-state index is 13.1. The van der Waals surface area contributed by atoms with Crippen LogP contribution in [0.2, 0.25) is 0 Å². The van der Waals surface area contributed by atoms with Gasteiger partial charge in [-0.2, -0.15) is 0 Å². The summed E-state index contributed by atoms with van der Waals surface area (Å²) in [6.07, 6.45) is 3.73. The summed E-state index contributed by atoms with van der Waals surface area (Å²) in [7, 11) is 3.91. The van der Waals surface area contributed by atoms with E-state index in [1.165, 1.54) is 16.5 Å². The van der Waals surface area contributed by atoms with Gasteiger partial charge in [0.1, 0.15) is 0 Å². The number of guanidine groups is 1. The predicted octanol–water partition coefficient (Wildman–Crippen LogP) is 5.24. The summed E-state index contributed by atoms with van der Waals surface area (Å²) >= 11 is 0. The maximum Gasteiger partial charge on any atom is 0.258 e. The molecule has 34 heavy (non-hydrogen) atoms. The third kappa shape index (κ3) is 5.64. The summed E-state index contributed by atoms with van der Waals surface area (Å²) in [5, 5.41) is 7.49. The number of hydrogen-bond donors (Lipinski definition) is 3. The molecule has 1 heterocycles. The molecule has 0 spiro atoms. The van der Waals surface area contributed by atoms with E-state index < -0.39 is 0 Å². The van der Waals surface area contributed by atoms with Gasteiger partial charge in [0.05, 0.1) is 0 Å². The second-order valence-corrected chi connectivity index (χ2v) is 8.42. The number of carbonyl (C=O) groups is 1. The maximum atomic E-state index is 13.1. The van der Waals surface area contributed by atoms with Gasteiger partial charge in [0.15, 0.2) is 0 Å². The zero-order valence-electron chi connectivity index (χ0n) is 19.9. The summed E-state index contributed by atoms with van der Waals surface area (Å²) in [6.45, 7) is 2.66. The Kier molecular flexibility index (Phi) is 7.28. The Morgan fingerprint density at radius 1 is 1.00 bits per heavy atom. The molecule has 1 amide bonds. The van der Waals surface area contributed by atoms with E-state index in [0.29, 0.717) is 18.1 Å². The second-order valence-electron chi connectivity index (χ2n) is 8.42. The van der Waals surface area contributed by atoms with E-state index in [2.05, 4.69) is 46.8 Å². The number of fused-ring (bicyclic) bond motifs is 1. The van der Waals surface area contributed by atoms with Crippen LogP contribution in [0.5, 0.6) is 0 Å². The van der Waals surface area contributed by atoms with Crippen LogP contribution in [-0.2, 0) is 12.8 Å². The molecule has 0 fully saturated rings. The Labute approximate surface area is 200 Å². The molecule has 4 aromatic rings. The van der Waals surface area contributed by atoms with E-state index in [9.17, 15) is 4.79 Å². The number of carbonyl (C=O) groups excluding carboxylic acids is 1. The molecule has 3 N–H and O–H groups in total. The summed E-state index contributed by atoms with van der Waals surface area (Å²) in [5.74, 6) is 0.238. The Morgan fingerprint density at radius 2 is 1.82 bits per heavy atom. The zero-order chi connectivity index (χ0) is 23.9. The minimum atomic E-state index is -0.200. The highest BCUT2D eigenvalue weighted by Crippen LogP contribution is 2.18. The monoisotopic (exact) mass is 453 g/mol. The smallest absolute Gasteiger partial charge is 0.258 e. The summed E-state index contributed by atoms with van der Waals surface area (Å²) in [5.41, 5.74) is 5.98. The van der Waals surface area contributed by atoms with Gasteiger partial charge in [-0.3, -0.25) is 15.1 Å². The molecule has 0 aliphatic carbocycles. The van der Waals surface area contributed by atoms with Crippen molar-refractivity contribution in [1.82, 2.24) is 10.3 Å². The van der Waals surface area contributed by atoms with Gasteiger partial charge in [-0.15, -0.1) is 0 Å². The van der Waals surface area contributed by atoms with Crippen LogP contribution >= 0.6 is 0 Å². The molecule has 174 valence electrons. The number of aromatic nitrogens is 1. The molecule has 6 nitrogen and oxygen atoms in total. The molecular weight excluding hydrogens is 422 g/mol. The van der Waals surface area contributed by atoms with E-state index >= 15 is 0 Å². The molecule has 3 aromatic carbocycles. The van der Waals surface area contributed by atoms with Gasteiger partial charge in [-0.1, -0.05) is 43.3 Å². The van der Waals surface area contributed by atoms with E-state index in [-0.39, 0.29) is 5.91 Å². The number of aryl methyl sites for hydroxylation is 1. The van der Waals surface area contributed by atoms with Crippen LogP contribution in [0, 0.1) is 0 Å². The number of nitrogens with zero attached hydrogens (tertiary/aromatic N) is 2. The lowest BCUT2D eigenvalue weighted by Crippen LogP contribution is -2.36. The molecule has 0 atom stereocenters. The molecule has 0 unspecified atom stereocenters. The van der Waals surface area contributed by atoms with Gasteiger partial charge < -0.3 is 15.2 Å². The van der Waals surface area contributed by atoms with Gasteiger partial charge >= 0.3 is 0 Å². The van der Waals surface area contributed by atoms with Crippen LogP contribution < -0.4 is 15.5 Å². The normalized spacial score (nSPS) is 11.4. The predicted molar refractivity (Wildman–Crippen MR) is 142 cm³/mol. The molecule has 0 bridgehead atoms. The zero-order valence-corrected chi connectivity index (χ0v) is 19.9. The van der Waals surface area contributed by atoms with E-state index in [1.54, 1.807) is 0 Å². The number of amides is 1. The summed E-state index contributed by atoms with van der Waals surface area (Å²) < 4.78 is 0. The molecule has 4 rings (SSSR count). The van der Waals surface area contributed by atoms with Crippen molar-refractivity contribution in [3.8, 4) is 0 Å². The van der Waals surface area contributed by atoms with Crippen molar-refractivity contribution in [1.29, 1.82) is 0 Å². The first-order valence-electron chi connectivity index (χ1n) is 11.6. The van der Waals surface area contributed by atoms with Crippen LogP contribution in [0.1, 0.15) is 28.4 Å². The Bertz CT molecular complexity index is 1300. The Hall–Kier alpha value is -4.06. The first kappa shape index (κ1) is 23.1. The van der Waals surface area contributed by atoms with Crippen molar-refractivity contribution >= 4 is 34.1 Å². The highest BCUT2D eigenvalue weighted by Gasteiger charge is 2.11. The first-order chi connectivity index (χ1) is 16.5. The van der Waals surface area contributed by atoms with Crippen molar-refractivity contribution in [2.45, 2.75) is 19.8 Å². The van der Waals surface area contributed by atoms with E-state index in [0.717, 1.165) is 29.7 Å².